The van der Waals surface area contributed by atoms with Gasteiger partial charge in [0, 0.05) is 0 Å². The highest BCUT2D eigenvalue weighted by molar-refractivity contribution is 5.84. The van der Waals surface area contributed by atoms with Crippen LogP contribution in [0.15, 0.2) is 30.3 Å². The summed E-state index contributed by atoms with van der Waals surface area (Å²) in [5.41, 5.74) is 11.1. The van der Waals surface area contributed by atoms with Crippen LogP contribution in [0, 0.1) is 5.41 Å². The topological polar surface area (TPSA) is 98.2 Å². The summed E-state index contributed by atoms with van der Waals surface area (Å²) in [4.78, 5) is 23.1. The number of benzene rings is 1. The Bertz CT molecular complexity index is 452. The lowest BCUT2D eigenvalue weighted by molar-refractivity contribution is -0.124. The van der Waals surface area contributed by atoms with E-state index in [2.05, 4.69) is 5.32 Å². The van der Waals surface area contributed by atoms with Crippen LogP contribution in [0.2, 0.25) is 0 Å². The molecule has 1 aromatic carbocycles. The molecule has 19 heavy (non-hydrogen) atoms. The fraction of sp³-hybridized carbons (Fsp3) is 0.429. The minimum absolute atomic E-state index is 0.408. The molecular formula is C14H21N3O2. The van der Waals surface area contributed by atoms with Crippen LogP contribution in [-0.2, 0) is 9.59 Å². The van der Waals surface area contributed by atoms with Gasteiger partial charge in [-0.3, -0.25) is 14.9 Å². The van der Waals surface area contributed by atoms with Gasteiger partial charge in [0.2, 0.25) is 11.8 Å². The summed E-state index contributed by atoms with van der Waals surface area (Å²) in [6.07, 6.45) is 0. The highest BCUT2D eigenvalue weighted by atomic mass is 16.3. The Balaban J connectivity index is 3.02. The molecular weight excluding hydrogens is 244 g/mol. The largest absolute Gasteiger partial charge is 0.368 e. The fourth-order valence-electron chi connectivity index (χ4n) is 1.91. The molecule has 1 aromatic rings. The van der Waals surface area contributed by atoms with Crippen LogP contribution in [0.5, 0.6) is 0 Å². The van der Waals surface area contributed by atoms with Crippen LogP contribution in [0.3, 0.4) is 0 Å². The van der Waals surface area contributed by atoms with E-state index in [9.17, 15) is 9.59 Å². The highest BCUT2D eigenvalue weighted by Crippen LogP contribution is 2.22. The van der Waals surface area contributed by atoms with E-state index in [0.717, 1.165) is 0 Å². The standard InChI is InChI=1S/C14H21N3O2/c1-14(2,3)11(13(16)19)17-10(12(15)18)9-7-5-4-6-8-9/h4-8,10-11,17H,1-3H3,(H2,15,18)(H2,16,19)/t10-,11+/m1/s1/i13+2. The van der Waals surface area contributed by atoms with Crippen LogP contribution >= 0.6 is 0 Å². The number of amides is 2. The number of hydrogen-bond acceptors (Lipinski definition) is 3. The molecule has 0 fully saturated rings. The number of hydrogen-bond donors (Lipinski definition) is 3. The predicted molar refractivity (Wildman–Crippen MR) is 74.0 cm³/mol. The second-order valence-electron chi connectivity index (χ2n) is 5.61. The summed E-state index contributed by atoms with van der Waals surface area (Å²) in [7, 11) is 0. The quantitative estimate of drug-likeness (QED) is 0.731. The Morgan fingerprint density at radius 1 is 1.26 bits per heavy atom. The maximum Gasteiger partial charge on any atom is 0.239 e. The van der Waals surface area contributed by atoms with Crippen molar-refractivity contribution in [3.63, 3.8) is 0 Å². The van der Waals surface area contributed by atoms with E-state index in [1.54, 1.807) is 12.1 Å². The van der Waals surface area contributed by atoms with Crippen molar-refractivity contribution in [3.05, 3.63) is 35.9 Å². The van der Waals surface area contributed by atoms with Crippen molar-refractivity contribution in [3.8, 4) is 0 Å². The Labute approximate surface area is 113 Å². The third-order valence-electron chi connectivity index (χ3n) is 2.90. The van der Waals surface area contributed by atoms with E-state index < -0.39 is 29.3 Å². The van der Waals surface area contributed by atoms with Crippen molar-refractivity contribution in [1.82, 2.24) is 5.32 Å². The van der Waals surface area contributed by atoms with E-state index in [1.807, 2.05) is 39.0 Å². The summed E-state index contributed by atoms with van der Waals surface area (Å²) in [5, 5.41) is 2.96. The first-order chi connectivity index (χ1) is 8.73. The molecule has 0 aromatic heterocycles. The number of carbonyl (C=O) groups is 2. The number of nitrogens with two attached hydrogens (primary N) is 2. The van der Waals surface area contributed by atoms with Gasteiger partial charge in [-0.05, 0) is 11.0 Å². The lowest BCUT2D eigenvalue weighted by Crippen LogP contribution is -2.53. The Hall–Kier alpha value is -1.88. The predicted octanol–water partition coefficient (Wildman–Crippen LogP) is 0.703. The van der Waals surface area contributed by atoms with Crippen molar-refractivity contribution in [2.45, 2.75) is 32.9 Å². The van der Waals surface area contributed by atoms with Gasteiger partial charge >= 0.3 is 0 Å². The molecule has 0 aliphatic rings. The molecule has 0 aliphatic heterocycles. The molecule has 0 saturated carbocycles. The molecule has 104 valence electrons. The number of rotatable bonds is 5. The molecule has 0 heterocycles. The molecule has 0 saturated heterocycles. The minimum atomic E-state index is -0.738. The van der Waals surface area contributed by atoms with Gasteiger partial charge in [0.05, 0.1) is 6.04 Å². The smallest absolute Gasteiger partial charge is 0.239 e. The van der Waals surface area contributed by atoms with Crippen molar-refractivity contribution in [1.29, 1.82) is 0 Å². The average molecular weight is 265 g/mol. The van der Waals surface area contributed by atoms with E-state index in [4.69, 9.17) is 11.5 Å². The molecule has 5 heteroatoms. The second kappa shape index (κ2) is 5.84. The van der Waals surface area contributed by atoms with E-state index in [-0.39, 0.29) is 0 Å². The van der Waals surface area contributed by atoms with Gasteiger partial charge < -0.3 is 11.5 Å². The first-order valence-corrected chi connectivity index (χ1v) is 6.13. The van der Waals surface area contributed by atoms with Gasteiger partial charge in [-0.1, -0.05) is 51.1 Å². The lowest BCUT2D eigenvalue weighted by Gasteiger charge is -2.31. The normalized spacial score (nSPS) is 14.7. The summed E-state index contributed by atoms with van der Waals surface area (Å²) in [6.45, 7) is 5.62. The molecule has 0 aliphatic carbocycles. The Morgan fingerprint density at radius 3 is 2.16 bits per heavy atom. The Kier molecular flexibility index (Phi) is 4.67. The zero-order chi connectivity index (χ0) is 14.6. The zero-order valence-corrected chi connectivity index (χ0v) is 11.5. The fourth-order valence-corrected chi connectivity index (χ4v) is 1.91. The third kappa shape index (κ3) is 4.06. The summed E-state index contributed by atoms with van der Waals surface area (Å²) in [5.74, 6) is -1.05. The van der Waals surface area contributed by atoms with Gasteiger partial charge in [0.1, 0.15) is 6.04 Å². The highest BCUT2D eigenvalue weighted by Gasteiger charge is 2.33. The second-order valence-corrected chi connectivity index (χ2v) is 5.61. The number of primary amides is 2. The molecule has 2 amide bonds. The summed E-state index contributed by atoms with van der Waals surface area (Å²) < 4.78 is 0. The summed E-state index contributed by atoms with van der Waals surface area (Å²) >= 11 is 0. The monoisotopic (exact) mass is 265 g/mol. The SMILES string of the molecule is CC(C)(C)[C@@H](N[C@@H](C(N)=O)c1ccccc1)[14C](N)=O. The molecule has 0 unspecified atom stereocenters. The van der Waals surface area contributed by atoms with Gasteiger partial charge in [-0.15, -0.1) is 0 Å². The zero-order valence-electron chi connectivity index (χ0n) is 11.5. The van der Waals surface area contributed by atoms with Gasteiger partial charge in [0.25, 0.3) is 0 Å². The van der Waals surface area contributed by atoms with Gasteiger partial charge in [0.15, 0.2) is 0 Å². The first kappa shape index (κ1) is 15.2. The van der Waals surface area contributed by atoms with Crippen LogP contribution in [0.4, 0.5) is 0 Å². The lowest BCUT2D eigenvalue weighted by atomic mass is 9.91. The third-order valence-corrected chi connectivity index (χ3v) is 2.90. The Morgan fingerprint density at radius 2 is 1.79 bits per heavy atom. The van der Waals surface area contributed by atoms with Crippen molar-refractivity contribution in [2.24, 2.45) is 16.9 Å². The van der Waals surface area contributed by atoms with Gasteiger partial charge in [-0.25, -0.2) is 0 Å². The van der Waals surface area contributed by atoms with E-state index >= 15 is 0 Å². The molecule has 5 N–H and O–H groups in total. The number of nitrogens with one attached hydrogen (secondary N) is 1. The molecule has 0 bridgehead atoms. The van der Waals surface area contributed by atoms with Crippen LogP contribution in [0.25, 0.3) is 0 Å². The molecule has 5 nitrogen and oxygen atoms in total. The maximum absolute atomic E-state index is 11.6. The average Bonchev–Trinajstić information content (AvgIpc) is 2.28. The van der Waals surface area contributed by atoms with Crippen LogP contribution in [0.1, 0.15) is 32.4 Å². The molecule has 0 spiro atoms. The van der Waals surface area contributed by atoms with Crippen molar-refractivity contribution in [2.75, 3.05) is 0 Å². The van der Waals surface area contributed by atoms with Crippen molar-refractivity contribution >= 4 is 11.8 Å². The first-order valence-electron chi connectivity index (χ1n) is 6.13. The maximum atomic E-state index is 11.6. The van der Waals surface area contributed by atoms with E-state index in [1.165, 1.54) is 0 Å². The van der Waals surface area contributed by atoms with Crippen LogP contribution < -0.4 is 16.8 Å². The molecule has 0 radical (unpaired) electrons. The molecule has 1 rings (SSSR count). The van der Waals surface area contributed by atoms with Crippen molar-refractivity contribution < 1.29 is 9.59 Å². The molecule has 2 atom stereocenters. The van der Waals surface area contributed by atoms with Gasteiger partial charge in [-0.2, -0.15) is 0 Å². The number of carbonyl (C=O) groups excluding carboxylic acids is 2. The minimum Gasteiger partial charge on any atom is -0.368 e. The van der Waals surface area contributed by atoms with Crippen LogP contribution in [-0.4, -0.2) is 17.9 Å². The summed E-state index contributed by atoms with van der Waals surface area (Å²) in [6, 6.07) is 7.64. The van der Waals surface area contributed by atoms with E-state index in [0.29, 0.717) is 5.56 Å².